The van der Waals surface area contributed by atoms with Crippen molar-refractivity contribution in [2.24, 2.45) is 4.99 Å². The first-order valence-corrected chi connectivity index (χ1v) is 9.52. The van der Waals surface area contributed by atoms with E-state index in [1.807, 2.05) is 12.3 Å². The molecule has 0 amide bonds. The van der Waals surface area contributed by atoms with Gasteiger partial charge in [0.25, 0.3) is 0 Å². The second-order valence-electron chi connectivity index (χ2n) is 5.88. The van der Waals surface area contributed by atoms with Crippen LogP contribution in [-0.2, 0) is 13.0 Å². The highest BCUT2D eigenvalue weighted by atomic mass is 32.1. The Hall–Kier alpha value is -2.08. The number of thiazole rings is 1. The number of guanidine groups is 1. The molecule has 0 saturated carbocycles. The molecule has 1 unspecified atom stereocenters. The molecule has 1 aromatic heterocycles. The van der Waals surface area contributed by atoms with Crippen LogP contribution < -0.4 is 15.4 Å². The van der Waals surface area contributed by atoms with Crippen molar-refractivity contribution >= 4 is 17.3 Å². The van der Waals surface area contributed by atoms with Crippen molar-refractivity contribution in [3.63, 3.8) is 0 Å². The number of aryl methyl sites for hydroxylation is 2. The number of benzene rings is 1. The van der Waals surface area contributed by atoms with Crippen molar-refractivity contribution in [1.82, 2.24) is 15.6 Å². The van der Waals surface area contributed by atoms with Crippen molar-refractivity contribution in [3.05, 3.63) is 45.4 Å². The molecule has 0 saturated heterocycles. The van der Waals surface area contributed by atoms with Crippen LogP contribution in [0.2, 0.25) is 0 Å². The number of nitrogens with one attached hydrogen (secondary N) is 2. The SMILES string of the molecule is CCNC(=NCc1ncc(CC)s1)NC(C)c1cc(C)ccc1OC. The normalized spacial score (nSPS) is 12.8. The molecular formula is C19H28N4OS. The highest BCUT2D eigenvalue weighted by Crippen LogP contribution is 2.26. The Balaban J connectivity index is 2.12. The van der Waals surface area contributed by atoms with E-state index in [0.29, 0.717) is 6.54 Å². The molecule has 1 aromatic carbocycles. The molecule has 0 aliphatic heterocycles. The zero-order valence-corrected chi connectivity index (χ0v) is 16.5. The van der Waals surface area contributed by atoms with Gasteiger partial charge in [0.15, 0.2) is 5.96 Å². The van der Waals surface area contributed by atoms with Crippen molar-refractivity contribution in [2.75, 3.05) is 13.7 Å². The van der Waals surface area contributed by atoms with E-state index in [9.17, 15) is 0 Å². The first-order valence-electron chi connectivity index (χ1n) is 8.70. The summed E-state index contributed by atoms with van der Waals surface area (Å²) < 4.78 is 5.50. The third kappa shape index (κ3) is 5.46. The molecule has 0 aliphatic rings. The summed E-state index contributed by atoms with van der Waals surface area (Å²) in [6, 6.07) is 6.29. The van der Waals surface area contributed by atoms with Crippen LogP contribution in [0.4, 0.5) is 0 Å². The molecule has 1 atom stereocenters. The van der Waals surface area contributed by atoms with Crippen LogP contribution in [0.1, 0.15) is 47.8 Å². The molecule has 5 nitrogen and oxygen atoms in total. The van der Waals surface area contributed by atoms with Gasteiger partial charge in [0.2, 0.25) is 0 Å². The summed E-state index contributed by atoms with van der Waals surface area (Å²) in [6.07, 6.45) is 2.96. The minimum atomic E-state index is 0.0788. The fraction of sp³-hybridized carbons (Fsp3) is 0.474. The molecule has 2 aromatic rings. The topological polar surface area (TPSA) is 58.5 Å². The molecule has 0 bridgehead atoms. The van der Waals surface area contributed by atoms with Gasteiger partial charge >= 0.3 is 0 Å². The third-order valence-corrected chi connectivity index (χ3v) is 5.00. The van der Waals surface area contributed by atoms with Crippen molar-refractivity contribution in [3.8, 4) is 5.75 Å². The highest BCUT2D eigenvalue weighted by molar-refractivity contribution is 7.11. The summed E-state index contributed by atoms with van der Waals surface area (Å²) in [4.78, 5) is 10.4. The van der Waals surface area contributed by atoms with Crippen LogP contribution in [0.15, 0.2) is 29.4 Å². The monoisotopic (exact) mass is 360 g/mol. The molecule has 25 heavy (non-hydrogen) atoms. The van der Waals surface area contributed by atoms with Gasteiger partial charge in [-0.15, -0.1) is 11.3 Å². The summed E-state index contributed by atoms with van der Waals surface area (Å²) in [5, 5.41) is 7.80. The Labute approximate surface area is 154 Å². The molecule has 1 heterocycles. The number of aromatic nitrogens is 1. The van der Waals surface area contributed by atoms with E-state index < -0.39 is 0 Å². The predicted molar refractivity (Wildman–Crippen MR) is 106 cm³/mol. The van der Waals surface area contributed by atoms with Crippen LogP contribution in [0.25, 0.3) is 0 Å². The Morgan fingerprint density at radius 1 is 1.36 bits per heavy atom. The first kappa shape index (κ1) is 19.2. The fourth-order valence-electron chi connectivity index (χ4n) is 2.53. The zero-order chi connectivity index (χ0) is 18.2. The van der Waals surface area contributed by atoms with Crippen LogP contribution in [0.3, 0.4) is 0 Å². The van der Waals surface area contributed by atoms with Gasteiger partial charge in [-0.25, -0.2) is 9.98 Å². The second-order valence-corrected chi connectivity index (χ2v) is 7.08. The largest absolute Gasteiger partial charge is 0.496 e. The maximum atomic E-state index is 5.50. The summed E-state index contributed by atoms with van der Waals surface area (Å²) >= 11 is 1.72. The minimum absolute atomic E-state index is 0.0788. The van der Waals surface area contributed by atoms with Gasteiger partial charge in [0, 0.05) is 23.2 Å². The number of ether oxygens (including phenoxy) is 1. The number of aliphatic imine (C=N–C) groups is 1. The lowest BCUT2D eigenvalue weighted by Crippen LogP contribution is -2.38. The Kier molecular flexibility index (Phi) is 7.25. The molecule has 0 spiro atoms. The molecule has 2 rings (SSSR count). The predicted octanol–water partition coefficient (Wildman–Crippen LogP) is 3.84. The number of hydrogen-bond acceptors (Lipinski definition) is 4. The molecule has 0 fully saturated rings. The number of hydrogen-bond donors (Lipinski definition) is 2. The van der Waals surface area contributed by atoms with Crippen LogP contribution in [0.5, 0.6) is 5.75 Å². The molecule has 0 radical (unpaired) electrons. The van der Waals surface area contributed by atoms with Gasteiger partial charge in [-0.1, -0.05) is 24.6 Å². The van der Waals surface area contributed by atoms with Crippen LogP contribution >= 0.6 is 11.3 Å². The maximum absolute atomic E-state index is 5.50. The average molecular weight is 361 g/mol. The van der Waals surface area contributed by atoms with Crippen LogP contribution in [0, 0.1) is 6.92 Å². The summed E-state index contributed by atoms with van der Waals surface area (Å²) in [5.74, 6) is 1.67. The fourth-order valence-corrected chi connectivity index (χ4v) is 3.31. The first-order chi connectivity index (χ1) is 12.1. The molecule has 2 N–H and O–H groups in total. The van der Waals surface area contributed by atoms with Crippen molar-refractivity contribution in [2.45, 2.75) is 46.7 Å². The lowest BCUT2D eigenvalue weighted by atomic mass is 10.0. The minimum Gasteiger partial charge on any atom is -0.496 e. The standard InChI is InChI=1S/C19H28N4OS/c1-6-15-11-21-18(25-15)12-22-19(20-7-2)23-14(4)16-10-13(3)8-9-17(16)24-5/h8-11,14H,6-7,12H2,1-5H3,(H2,20,22,23). The van der Waals surface area contributed by atoms with E-state index >= 15 is 0 Å². The lowest BCUT2D eigenvalue weighted by Gasteiger charge is -2.20. The van der Waals surface area contributed by atoms with E-state index in [1.165, 1.54) is 10.4 Å². The number of nitrogens with zero attached hydrogens (tertiary/aromatic N) is 2. The zero-order valence-electron chi connectivity index (χ0n) is 15.7. The van der Waals surface area contributed by atoms with Crippen LogP contribution in [-0.4, -0.2) is 24.6 Å². The lowest BCUT2D eigenvalue weighted by molar-refractivity contribution is 0.405. The van der Waals surface area contributed by atoms with E-state index in [0.717, 1.165) is 35.2 Å². The summed E-state index contributed by atoms with van der Waals surface area (Å²) in [5.41, 5.74) is 2.33. The highest BCUT2D eigenvalue weighted by Gasteiger charge is 2.13. The van der Waals surface area contributed by atoms with E-state index in [2.05, 4.69) is 60.4 Å². The molecule has 136 valence electrons. The quantitative estimate of drug-likeness (QED) is 0.582. The van der Waals surface area contributed by atoms with Gasteiger partial charge in [-0.2, -0.15) is 0 Å². The second kappa shape index (κ2) is 9.42. The van der Waals surface area contributed by atoms with E-state index in [1.54, 1.807) is 18.4 Å². The number of rotatable bonds is 7. The van der Waals surface area contributed by atoms with Gasteiger partial charge in [-0.05, 0) is 33.3 Å². The summed E-state index contributed by atoms with van der Waals surface area (Å²) in [6.45, 7) is 9.79. The van der Waals surface area contributed by atoms with Gasteiger partial charge < -0.3 is 15.4 Å². The smallest absolute Gasteiger partial charge is 0.192 e. The van der Waals surface area contributed by atoms with E-state index in [-0.39, 0.29) is 6.04 Å². The van der Waals surface area contributed by atoms with Gasteiger partial charge in [0.1, 0.15) is 10.8 Å². The Morgan fingerprint density at radius 2 is 2.16 bits per heavy atom. The van der Waals surface area contributed by atoms with E-state index in [4.69, 9.17) is 4.74 Å². The van der Waals surface area contributed by atoms with Crippen molar-refractivity contribution < 1.29 is 4.74 Å². The third-order valence-electron chi connectivity index (χ3n) is 3.87. The Bertz CT molecular complexity index is 711. The van der Waals surface area contributed by atoms with Gasteiger partial charge in [0.05, 0.1) is 19.7 Å². The molecular weight excluding hydrogens is 332 g/mol. The molecule has 6 heteroatoms. The average Bonchev–Trinajstić information content (AvgIpc) is 3.08. The maximum Gasteiger partial charge on any atom is 0.192 e. The summed E-state index contributed by atoms with van der Waals surface area (Å²) in [7, 11) is 1.70. The van der Waals surface area contributed by atoms with Gasteiger partial charge in [-0.3, -0.25) is 0 Å². The Morgan fingerprint density at radius 3 is 2.80 bits per heavy atom. The number of methoxy groups -OCH3 is 1. The van der Waals surface area contributed by atoms with Crippen molar-refractivity contribution in [1.29, 1.82) is 0 Å². The molecule has 0 aliphatic carbocycles.